The summed E-state index contributed by atoms with van der Waals surface area (Å²) in [5.74, 6) is -0.433. The number of nitrogens with one attached hydrogen (secondary N) is 1. The lowest BCUT2D eigenvalue weighted by atomic mass is 10.2. The maximum absolute atomic E-state index is 12.7. The molecule has 0 spiro atoms. The van der Waals surface area contributed by atoms with Crippen LogP contribution in [0.3, 0.4) is 0 Å². The lowest BCUT2D eigenvalue weighted by Crippen LogP contribution is -2.45. The van der Waals surface area contributed by atoms with Crippen LogP contribution in [-0.2, 0) is 9.59 Å². The Kier molecular flexibility index (Phi) is 6.88. The monoisotopic (exact) mass is 455 g/mol. The van der Waals surface area contributed by atoms with Gasteiger partial charge in [-0.1, -0.05) is 46.6 Å². The zero-order valence-electron chi connectivity index (χ0n) is 14.8. The third-order valence-electron chi connectivity index (χ3n) is 3.93. The van der Waals surface area contributed by atoms with Crippen LogP contribution in [0.15, 0.2) is 47.5 Å². The molecule has 0 bridgehead atoms. The van der Waals surface area contributed by atoms with Crippen molar-refractivity contribution >= 4 is 74.9 Å². The van der Waals surface area contributed by atoms with E-state index in [1.165, 1.54) is 11.8 Å². The van der Waals surface area contributed by atoms with E-state index in [1.807, 2.05) is 6.92 Å². The molecule has 146 valence electrons. The van der Waals surface area contributed by atoms with Gasteiger partial charge in [0, 0.05) is 33.7 Å². The van der Waals surface area contributed by atoms with Gasteiger partial charge in [0.25, 0.3) is 0 Å². The fourth-order valence-corrected chi connectivity index (χ4v) is 4.43. The van der Waals surface area contributed by atoms with Crippen molar-refractivity contribution in [3.05, 3.63) is 57.5 Å². The Morgan fingerprint density at radius 2 is 1.79 bits per heavy atom. The summed E-state index contributed by atoms with van der Waals surface area (Å²) in [7, 11) is 0. The van der Waals surface area contributed by atoms with Gasteiger partial charge in [-0.25, -0.2) is 4.99 Å². The summed E-state index contributed by atoms with van der Waals surface area (Å²) in [5, 5.41) is 4.11. The van der Waals surface area contributed by atoms with Crippen LogP contribution < -0.4 is 5.32 Å². The van der Waals surface area contributed by atoms with Gasteiger partial charge in [-0.2, -0.15) is 0 Å². The molecule has 2 amide bonds. The van der Waals surface area contributed by atoms with Crippen molar-refractivity contribution in [1.29, 1.82) is 0 Å². The van der Waals surface area contributed by atoms with Crippen molar-refractivity contribution in [2.24, 2.45) is 4.99 Å². The van der Waals surface area contributed by atoms with Crippen LogP contribution in [0.1, 0.15) is 13.3 Å². The first-order chi connectivity index (χ1) is 13.4. The molecule has 5 nitrogen and oxygen atoms in total. The highest BCUT2D eigenvalue weighted by Gasteiger charge is 2.35. The van der Waals surface area contributed by atoms with E-state index in [2.05, 4.69) is 10.3 Å². The topological polar surface area (TPSA) is 61.8 Å². The summed E-state index contributed by atoms with van der Waals surface area (Å²) in [4.78, 5) is 31.3. The smallest absolute Gasteiger partial charge is 0.238 e. The average molecular weight is 457 g/mol. The lowest BCUT2D eigenvalue weighted by molar-refractivity contribution is -0.129. The van der Waals surface area contributed by atoms with Gasteiger partial charge >= 0.3 is 0 Å². The maximum Gasteiger partial charge on any atom is 0.238 e. The molecular formula is C19H16Cl3N3O2S. The molecular weight excluding hydrogens is 441 g/mol. The van der Waals surface area contributed by atoms with Crippen molar-refractivity contribution in [2.75, 3.05) is 11.9 Å². The summed E-state index contributed by atoms with van der Waals surface area (Å²) >= 11 is 19.2. The number of anilines is 1. The normalized spacial score (nSPS) is 18.4. The van der Waals surface area contributed by atoms with Crippen molar-refractivity contribution in [2.45, 2.75) is 18.6 Å². The predicted molar refractivity (Wildman–Crippen MR) is 117 cm³/mol. The van der Waals surface area contributed by atoms with E-state index in [-0.39, 0.29) is 18.2 Å². The van der Waals surface area contributed by atoms with Crippen LogP contribution in [0.5, 0.6) is 0 Å². The molecule has 1 fully saturated rings. The fourth-order valence-electron chi connectivity index (χ4n) is 2.62. The van der Waals surface area contributed by atoms with Crippen LogP contribution in [0.2, 0.25) is 15.1 Å². The second kappa shape index (κ2) is 9.18. The van der Waals surface area contributed by atoms with E-state index >= 15 is 0 Å². The standard InChI is InChI=1S/C19H16Cl3N3O2S/c1-2-25-17(26)10-16(18(27)23-14-5-3-11(20)4-6-14)28-19(25)24-15-8-12(21)7-13(22)9-15/h3-9,16H,2,10H2,1H3,(H,23,27). The molecule has 28 heavy (non-hydrogen) atoms. The summed E-state index contributed by atoms with van der Waals surface area (Å²) in [5.41, 5.74) is 1.13. The number of amides is 2. The highest BCUT2D eigenvalue weighted by molar-refractivity contribution is 8.15. The van der Waals surface area contributed by atoms with Crippen LogP contribution in [0.4, 0.5) is 11.4 Å². The van der Waals surface area contributed by atoms with Gasteiger partial charge in [0.2, 0.25) is 11.8 Å². The predicted octanol–water partition coefficient (Wildman–Crippen LogP) is 5.63. The first-order valence-electron chi connectivity index (χ1n) is 8.44. The van der Waals surface area contributed by atoms with Crippen LogP contribution >= 0.6 is 46.6 Å². The molecule has 1 saturated heterocycles. The Morgan fingerprint density at radius 3 is 2.39 bits per heavy atom. The Labute approximate surface area is 182 Å². The van der Waals surface area contributed by atoms with Gasteiger partial charge in [0.05, 0.1) is 5.69 Å². The number of carbonyl (C=O) groups is 2. The number of carbonyl (C=O) groups excluding carboxylic acids is 2. The third kappa shape index (κ3) is 5.20. The maximum atomic E-state index is 12.7. The summed E-state index contributed by atoms with van der Waals surface area (Å²) in [6, 6.07) is 11.7. The van der Waals surface area contributed by atoms with E-state index in [0.717, 1.165) is 0 Å². The number of amidine groups is 1. The highest BCUT2D eigenvalue weighted by Crippen LogP contribution is 2.31. The molecule has 2 aromatic carbocycles. The number of benzene rings is 2. The minimum Gasteiger partial charge on any atom is -0.325 e. The Bertz CT molecular complexity index is 914. The average Bonchev–Trinajstić information content (AvgIpc) is 2.62. The van der Waals surface area contributed by atoms with Crippen molar-refractivity contribution in [3.8, 4) is 0 Å². The number of hydrogen-bond donors (Lipinski definition) is 1. The zero-order chi connectivity index (χ0) is 20.3. The van der Waals surface area contributed by atoms with Gasteiger partial charge in [0.1, 0.15) is 5.25 Å². The summed E-state index contributed by atoms with van der Waals surface area (Å²) in [6.45, 7) is 2.30. The third-order valence-corrected chi connectivity index (χ3v) is 5.81. The van der Waals surface area contributed by atoms with Gasteiger partial charge in [-0.05, 0) is 49.4 Å². The van der Waals surface area contributed by atoms with E-state index < -0.39 is 5.25 Å². The number of thioether (sulfide) groups is 1. The molecule has 1 heterocycles. The second-order valence-electron chi connectivity index (χ2n) is 5.97. The number of nitrogens with zero attached hydrogens (tertiary/aromatic N) is 2. The quantitative estimate of drug-likeness (QED) is 0.649. The molecule has 0 radical (unpaired) electrons. The van der Waals surface area contributed by atoms with E-state index in [4.69, 9.17) is 34.8 Å². The van der Waals surface area contributed by atoms with E-state index in [9.17, 15) is 9.59 Å². The minimum atomic E-state index is -0.598. The minimum absolute atomic E-state index is 0.0905. The van der Waals surface area contributed by atoms with E-state index in [1.54, 1.807) is 47.4 Å². The van der Waals surface area contributed by atoms with Gasteiger partial charge in [-0.3, -0.25) is 14.5 Å². The SMILES string of the molecule is CCN1C(=O)CC(C(=O)Nc2ccc(Cl)cc2)SC1=Nc1cc(Cl)cc(Cl)c1. The number of rotatable bonds is 4. The molecule has 1 aliphatic rings. The van der Waals surface area contributed by atoms with Crippen molar-refractivity contribution < 1.29 is 9.59 Å². The first-order valence-corrected chi connectivity index (χ1v) is 10.5. The molecule has 3 rings (SSSR count). The summed E-state index contributed by atoms with van der Waals surface area (Å²) < 4.78 is 0. The molecule has 1 N–H and O–H groups in total. The number of hydrogen-bond acceptors (Lipinski definition) is 4. The molecule has 0 aromatic heterocycles. The number of halogens is 3. The molecule has 1 aliphatic heterocycles. The van der Waals surface area contributed by atoms with Gasteiger partial charge < -0.3 is 5.32 Å². The largest absolute Gasteiger partial charge is 0.325 e. The molecule has 0 saturated carbocycles. The molecule has 9 heteroatoms. The Balaban J connectivity index is 1.83. The van der Waals surface area contributed by atoms with Crippen LogP contribution in [-0.4, -0.2) is 33.7 Å². The number of aliphatic imine (C=N–C) groups is 1. The van der Waals surface area contributed by atoms with Crippen molar-refractivity contribution in [3.63, 3.8) is 0 Å². The Hall–Kier alpha value is -1.73. The summed E-state index contributed by atoms with van der Waals surface area (Å²) in [6.07, 6.45) is 0.0905. The fraction of sp³-hybridized carbons (Fsp3) is 0.211. The second-order valence-corrected chi connectivity index (χ2v) is 8.45. The molecule has 0 aliphatic carbocycles. The zero-order valence-corrected chi connectivity index (χ0v) is 17.9. The van der Waals surface area contributed by atoms with Gasteiger partial charge in [-0.15, -0.1) is 0 Å². The first kappa shape index (κ1) is 21.0. The van der Waals surface area contributed by atoms with Crippen molar-refractivity contribution in [1.82, 2.24) is 4.90 Å². The lowest BCUT2D eigenvalue weighted by Gasteiger charge is -2.30. The molecule has 2 aromatic rings. The van der Waals surface area contributed by atoms with E-state index in [0.29, 0.717) is 38.2 Å². The Morgan fingerprint density at radius 1 is 1.14 bits per heavy atom. The van der Waals surface area contributed by atoms with Crippen LogP contribution in [0, 0.1) is 0 Å². The molecule has 1 unspecified atom stereocenters. The van der Waals surface area contributed by atoms with Crippen LogP contribution in [0.25, 0.3) is 0 Å². The van der Waals surface area contributed by atoms with Gasteiger partial charge in [0.15, 0.2) is 5.17 Å². The molecule has 1 atom stereocenters. The highest BCUT2D eigenvalue weighted by atomic mass is 35.5.